The number of piperidine rings is 1. The molecule has 1 heterocycles. The highest BCUT2D eigenvalue weighted by molar-refractivity contribution is 5.89. The number of likely N-dealkylation sites (tertiary alicyclic amines) is 1. The van der Waals surface area contributed by atoms with Crippen LogP contribution in [0.1, 0.15) is 56.9 Å². The predicted molar refractivity (Wildman–Crippen MR) is 135 cm³/mol. The molecule has 0 atom stereocenters. The fourth-order valence-electron chi connectivity index (χ4n) is 4.20. The first-order valence-electron chi connectivity index (χ1n) is 12.1. The number of urea groups is 1. The highest BCUT2D eigenvalue weighted by Gasteiger charge is 2.25. The summed E-state index contributed by atoms with van der Waals surface area (Å²) >= 11 is 0. The van der Waals surface area contributed by atoms with E-state index in [0.29, 0.717) is 37.9 Å². The number of halogens is 2. The fourth-order valence-corrected chi connectivity index (χ4v) is 4.20. The number of carbonyl (C=O) groups excluding carboxylic acids is 1. The number of nitrogens with zero attached hydrogens (tertiary/aromatic N) is 4. The molecule has 1 aliphatic heterocycles. The van der Waals surface area contributed by atoms with E-state index >= 15 is 0 Å². The van der Waals surface area contributed by atoms with Crippen molar-refractivity contribution in [2.45, 2.75) is 57.5 Å². The monoisotopic (exact) mass is 490 g/mol. The van der Waals surface area contributed by atoms with Crippen LogP contribution in [0.4, 0.5) is 19.3 Å². The zero-order valence-electron chi connectivity index (χ0n) is 20.8. The number of allylic oxidation sites excluding steroid dienone is 1. The number of nitrogens with one attached hydrogen (secondary N) is 1. The van der Waals surface area contributed by atoms with E-state index in [2.05, 4.69) is 20.4 Å². The summed E-state index contributed by atoms with van der Waals surface area (Å²) in [6, 6.07) is 1.76. The molecule has 2 amide bonds. The molecule has 2 aliphatic rings. The summed E-state index contributed by atoms with van der Waals surface area (Å²) in [5.41, 5.74) is 7.53. The molecule has 0 bridgehead atoms. The van der Waals surface area contributed by atoms with E-state index in [1.165, 1.54) is 31.3 Å². The highest BCUT2D eigenvalue weighted by atomic mass is 19.1. The highest BCUT2D eigenvalue weighted by Crippen LogP contribution is 2.35. The molecule has 1 aromatic carbocycles. The second kappa shape index (κ2) is 12.6. The topological polar surface area (TPSA) is 95.5 Å². The van der Waals surface area contributed by atoms with E-state index in [0.717, 1.165) is 43.3 Å². The molecule has 0 unspecified atom stereocenters. The second-order valence-electron chi connectivity index (χ2n) is 9.40. The Morgan fingerprint density at radius 1 is 1.20 bits per heavy atom. The number of amides is 2. The Balaban J connectivity index is 1.45. The zero-order valence-corrected chi connectivity index (χ0v) is 20.8. The third kappa shape index (κ3) is 7.74. The molecule has 1 saturated heterocycles. The molecule has 2 fully saturated rings. The normalized spacial score (nSPS) is 20.2. The molecule has 3 rings (SSSR count). The van der Waals surface area contributed by atoms with Crippen LogP contribution in [0.3, 0.4) is 0 Å². The molecule has 3 N–H and O–H groups in total. The van der Waals surface area contributed by atoms with Crippen molar-refractivity contribution in [3.63, 3.8) is 0 Å². The molecular weight excluding hydrogens is 454 g/mol. The number of aliphatic imine (C=N–C) groups is 1. The minimum atomic E-state index is -0.637. The van der Waals surface area contributed by atoms with Gasteiger partial charge in [0.2, 0.25) is 0 Å². The van der Waals surface area contributed by atoms with Gasteiger partial charge < -0.3 is 20.8 Å². The Labute approximate surface area is 205 Å². The number of nitrogens with two attached hydrogens (primary N) is 1. The van der Waals surface area contributed by atoms with Crippen molar-refractivity contribution in [1.82, 2.24) is 9.80 Å². The van der Waals surface area contributed by atoms with Crippen LogP contribution in [-0.4, -0.2) is 67.7 Å². The van der Waals surface area contributed by atoms with E-state index in [-0.39, 0.29) is 17.7 Å². The Morgan fingerprint density at radius 3 is 2.51 bits per heavy atom. The van der Waals surface area contributed by atoms with E-state index in [1.807, 2.05) is 6.92 Å². The summed E-state index contributed by atoms with van der Waals surface area (Å²) in [6.45, 7) is 4.36. The number of benzene rings is 1. The molecular formula is C25H36F2N6O2. The predicted octanol–water partition coefficient (Wildman–Crippen LogP) is 4.44. The number of hydrogen-bond donors (Lipinski definition) is 2. The van der Waals surface area contributed by atoms with Crippen molar-refractivity contribution in [2.24, 2.45) is 15.9 Å². The lowest BCUT2D eigenvalue weighted by molar-refractivity contribution is 0.0107. The average Bonchev–Trinajstić information content (AvgIpc) is 2.85. The quantitative estimate of drug-likeness (QED) is 0.436. The Kier molecular flexibility index (Phi) is 9.59. The van der Waals surface area contributed by atoms with Crippen molar-refractivity contribution < 1.29 is 18.4 Å². The number of oxime groups is 1. The van der Waals surface area contributed by atoms with Gasteiger partial charge in [-0.3, -0.25) is 9.89 Å². The van der Waals surface area contributed by atoms with Gasteiger partial charge in [-0.1, -0.05) is 5.16 Å². The minimum Gasteiger partial charge on any atom is -0.404 e. The third-order valence-corrected chi connectivity index (χ3v) is 6.44. The number of rotatable bonds is 7. The summed E-state index contributed by atoms with van der Waals surface area (Å²) < 4.78 is 29.2. The molecule has 1 saturated carbocycles. The Bertz CT molecular complexity index is 961. The van der Waals surface area contributed by atoms with Crippen molar-refractivity contribution in [2.75, 3.05) is 39.2 Å². The maximum absolute atomic E-state index is 14.7. The SMILES string of the molecule is CC(/C=N\CN1CCC(ON=C2CCC(c3cc(F)c(NC(=O)N(C)C)cc3F)CC2)CC1)=C/N. The summed E-state index contributed by atoms with van der Waals surface area (Å²) in [4.78, 5) is 25.5. The van der Waals surface area contributed by atoms with Gasteiger partial charge in [0, 0.05) is 39.5 Å². The smallest absolute Gasteiger partial charge is 0.321 e. The van der Waals surface area contributed by atoms with Crippen LogP contribution in [0, 0.1) is 11.6 Å². The molecule has 8 nitrogen and oxygen atoms in total. The summed E-state index contributed by atoms with van der Waals surface area (Å²) in [6.07, 6.45) is 7.91. The van der Waals surface area contributed by atoms with Gasteiger partial charge in [0.25, 0.3) is 0 Å². The van der Waals surface area contributed by atoms with Crippen molar-refractivity contribution >= 4 is 23.6 Å². The van der Waals surface area contributed by atoms with Crippen molar-refractivity contribution in [3.8, 4) is 0 Å². The average molecular weight is 491 g/mol. The number of anilines is 1. The minimum absolute atomic E-state index is 0.0857. The van der Waals surface area contributed by atoms with Gasteiger partial charge in [-0.25, -0.2) is 13.6 Å². The van der Waals surface area contributed by atoms with E-state index in [1.54, 1.807) is 6.21 Å². The van der Waals surface area contributed by atoms with Crippen molar-refractivity contribution in [1.29, 1.82) is 0 Å². The van der Waals surface area contributed by atoms with Crippen LogP contribution in [0.25, 0.3) is 0 Å². The lowest BCUT2D eigenvalue weighted by Crippen LogP contribution is -2.36. The van der Waals surface area contributed by atoms with Gasteiger partial charge >= 0.3 is 6.03 Å². The second-order valence-corrected chi connectivity index (χ2v) is 9.40. The van der Waals surface area contributed by atoms with Crippen LogP contribution in [0.2, 0.25) is 0 Å². The van der Waals surface area contributed by atoms with Gasteiger partial charge in [-0.2, -0.15) is 0 Å². The van der Waals surface area contributed by atoms with Crippen LogP contribution >= 0.6 is 0 Å². The van der Waals surface area contributed by atoms with Gasteiger partial charge in [-0.15, -0.1) is 0 Å². The van der Waals surface area contributed by atoms with Gasteiger partial charge in [0.05, 0.1) is 18.1 Å². The van der Waals surface area contributed by atoms with Gasteiger partial charge in [0.15, 0.2) is 0 Å². The first kappa shape index (κ1) is 26.6. The summed E-state index contributed by atoms with van der Waals surface area (Å²) in [5.74, 6) is -1.24. The fraction of sp³-hybridized carbons (Fsp3) is 0.560. The first-order valence-corrected chi connectivity index (χ1v) is 12.1. The Hall–Kier alpha value is -3.01. The molecule has 0 spiro atoms. The number of hydrogen-bond acceptors (Lipinski definition) is 6. The van der Waals surface area contributed by atoms with Crippen LogP contribution in [-0.2, 0) is 4.84 Å². The van der Waals surface area contributed by atoms with Gasteiger partial charge in [0.1, 0.15) is 17.7 Å². The maximum Gasteiger partial charge on any atom is 0.321 e. The van der Waals surface area contributed by atoms with Crippen LogP contribution in [0.5, 0.6) is 0 Å². The van der Waals surface area contributed by atoms with E-state index < -0.39 is 17.7 Å². The molecule has 1 aliphatic carbocycles. The summed E-state index contributed by atoms with van der Waals surface area (Å²) in [5, 5.41) is 6.76. The lowest BCUT2D eigenvalue weighted by Gasteiger charge is -2.30. The number of carbonyl (C=O) groups is 1. The van der Waals surface area contributed by atoms with E-state index in [4.69, 9.17) is 10.6 Å². The zero-order chi connectivity index (χ0) is 25.4. The van der Waals surface area contributed by atoms with Gasteiger partial charge in [-0.05, 0) is 74.8 Å². The molecule has 0 aromatic heterocycles. The molecule has 1 aromatic rings. The Morgan fingerprint density at radius 2 is 1.89 bits per heavy atom. The van der Waals surface area contributed by atoms with Crippen LogP contribution in [0.15, 0.2) is 34.1 Å². The van der Waals surface area contributed by atoms with Crippen LogP contribution < -0.4 is 11.1 Å². The molecule has 10 heteroatoms. The largest absolute Gasteiger partial charge is 0.404 e. The van der Waals surface area contributed by atoms with E-state index in [9.17, 15) is 13.6 Å². The summed E-state index contributed by atoms with van der Waals surface area (Å²) in [7, 11) is 3.07. The lowest BCUT2D eigenvalue weighted by atomic mass is 9.83. The molecule has 192 valence electrons. The maximum atomic E-state index is 14.7. The molecule has 0 radical (unpaired) electrons. The standard InChI is InChI=1S/C25H36F2N6O2/c1-17(14-28)15-29-16-33-10-8-20(9-11-33)35-31-19-6-4-18(5-7-19)21-12-23(27)24(13-22(21)26)30-25(34)32(2)3/h12-15,18,20H,4-11,16,28H2,1-3H3,(H,30,34)/b17-14-,29-15-,31-19?. The third-order valence-electron chi connectivity index (χ3n) is 6.44. The molecule has 35 heavy (non-hydrogen) atoms. The van der Waals surface area contributed by atoms with Crippen molar-refractivity contribution in [3.05, 3.63) is 41.1 Å². The first-order chi connectivity index (χ1) is 16.8.